The second kappa shape index (κ2) is 7.46. The number of para-hydroxylation sites is 1. The summed E-state index contributed by atoms with van der Waals surface area (Å²) in [6.45, 7) is 2.58. The minimum absolute atomic E-state index is 0.263. The van der Waals surface area contributed by atoms with Gasteiger partial charge in [-0.15, -0.1) is 0 Å². The van der Waals surface area contributed by atoms with Crippen molar-refractivity contribution in [2.45, 2.75) is 20.0 Å². The smallest absolute Gasteiger partial charge is 0.335 e. The van der Waals surface area contributed by atoms with Crippen molar-refractivity contribution in [1.82, 2.24) is 4.90 Å². The molecule has 124 valence electrons. The molecule has 23 heavy (non-hydrogen) atoms. The van der Waals surface area contributed by atoms with Gasteiger partial charge in [0.15, 0.2) is 0 Å². The lowest BCUT2D eigenvalue weighted by Gasteiger charge is -2.28. The minimum atomic E-state index is -0.263. The minimum Gasteiger partial charge on any atom is -0.466 e. The molecule has 0 spiro atoms. The molecule has 1 aromatic rings. The van der Waals surface area contributed by atoms with E-state index in [4.69, 9.17) is 21.7 Å². The van der Waals surface area contributed by atoms with Crippen molar-refractivity contribution in [3.63, 3.8) is 0 Å². The van der Waals surface area contributed by atoms with E-state index in [-0.39, 0.29) is 5.97 Å². The zero-order valence-corrected chi connectivity index (χ0v) is 14.8. The lowest BCUT2D eigenvalue weighted by molar-refractivity contribution is -0.138. The number of esters is 1. The Kier molecular flexibility index (Phi) is 5.60. The molecule has 5 nitrogen and oxygen atoms in total. The zero-order valence-electron chi connectivity index (χ0n) is 14.0. The summed E-state index contributed by atoms with van der Waals surface area (Å²) in [5.41, 5.74) is 3.83. The van der Waals surface area contributed by atoms with Gasteiger partial charge in [-0.25, -0.2) is 4.79 Å². The maximum absolute atomic E-state index is 12.0. The molecule has 0 N–H and O–H groups in total. The average Bonchev–Trinajstić information content (AvgIpc) is 2.52. The predicted molar refractivity (Wildman–Crippen MR) is 94.3 cm³/mol. The maximum Gasteiger partial charge on any atom is 0.335 e. The van der Waals surface area contributed by atoms with Crippen molar-refractivity contribution in [2.24, 2.45) is 0 Å². The molecule has 0 saturated heterocycles. The van der Waals surface area contributed by atoms with E-state index in [9.17, 15) is 4.79 Å². The molecule has 0 atom stereocenters. The highest BCUT2D eigenvalue weighted by Crippen LogP contribution is 2.32. The Labute approximate surface area is 142 Å². The Morgan fingerprint density at radius 3 is 2.74 bits per heavy atom. The molecule has 0 unspecified atom stereocenters. The van der Waals surface area contributed by atoms with Crippen LogP contribution in [-0.4, -0.2) is 43.8 Å². The van der Waals surface area contributed by atoms with Gasteiger partial charge in [-0.2, -0.15) is 0 Å². The van der Waals surface area contributed by atoms with Gasteiger partial charge in [0.1, 0.15) is 6.61 Å². The van der Waals surface area contributed by atoms with E-state index in [0.717, 1.165) is 16.8 Å². The molecular weight excluding hydrogens is 312 g/mol. The van der Waals surface area contributed by atoms with Crippen LogP contribution in [0.2, 0.25) is 0 Å². The van der Waals surface area contributed by atoms with Gasteiger partial charge < -0.3 is 19.3 Å². The molecule has 1 heterocycles. The standard InChI is InChI=1S/C17H22N2O3S/c1-5-21-16(20)14-9-12-7-6-8-13(15(12)19(4)10-14)11-22-17(23)18(2)3/h6-8,10H,5,9,11H2,1-4H3. The Balaban J connectivity index is 2.21. The molecule has 1 aromatic carbocycles. The SMILES string of the molecule is CCOC(=O)C1=CN(C)c2c(COC(=S)N(C)C)cccc2C1. The van der Waals surface area contributed by atoms with E-state index in [1.807, 2.05) is 57.4 Å². The number of carbonyl (C=O) groups is 1. The molecule has 0 saturated carbocycles. The summed E-state index contributed by atoms with van der Waals surface area (Å²) in [4.78, 5) is 15.7. The fraction of sp³-hybridized carbons (Fsp3) is 0.412. The molecule has 2 rings (SSSR count). The van der Waals surface area contributed by atoms with Crippen LogP contribution in [0.3, 0.4) is 0 Å². The summed E-state index contributed by atoms with van der Waals surface area (Å²) in [6.07, 6.45) is 2.39. The maximum atomic E-state index is 12.0. The van der Waals surface area contributed by atoms with Gasteiger partial charge in [0, 0.05) is 39.3 Å². The van der Waals surface area contributed by atoms with Crippen molar-refractivity contribution in [3.05, 3.63) is 41.1 Å². The second-order valence-corrected chi connectivity index (χ2v) is 5.89. The van der Waals surface area contributed by atoms with E-state index < -0.39 is 0 Å². The van der Waals surface area contributed by atoms with Crippen molar-refractivity contribution in [1.29, 1.82) is 0 Å². The summed E-state index contributed by atoms with van der Waals surface area (Å²) in [5, 5.41) is 0.448. The van der Waals surface area contributed by atoms with E-state index >= 15 is 0 Å². The van der Waals surface area contributed by atoms with Crippen LogP contribution in [0.4, 0.5) is 5.69 Å². The van der Waals surface area contributed by atoms with E-state index in [1.165, 1.54) is 0 Å². The quantitative estimate of drug-likeness (QED) is 0.622. The third-order valence-electron chi connectivity index (χ3n) is 3.54. The summed E-state index contributed by atoms with van der Waals surface area (Å²) >= 11 is 5.16. The fourth-order valence-electron chi connectivity index (χ4n) is 2.52. The number of hydrogen-bond acceptors (Lipinski definition) is 5. The first-order chi connectivity index (χ1) is 10.9. The highest BCUT2D eigenvalue weighted by atomic mass is 32.1. The van der Waals surface area contributed by atoms with Gasteiger partial charge in [0.2, 0.25) is 0 Å². The van der Waals surface area contributed by atoms with Crippen molar-refractivity contribution >= 4 is 29.0 Å². The number of thiocarbonyl (C=S) groups is 1. The lowest BCUT2D eigenvalue weighted by Crippen LogP contribution is -2.25. The van der Waals surface area contributed by atoms with Crippen LogP contribution >= 0.6 is 12.2 Å². The molecule has 0 radical (unpaired) electrons. The number of ether oxygens (including phenoxy) is 2. The Morgan fingerprint density at radius 1 is 1.35 bits per heavy atom. The summed E-state index contributed by atoms with van der Waals surface area (Å²) in [5.74, 6) is -0.263. The van der Waals surface area contributed by atoms with Crippen LogP contribution < -0.4 is 4.90 Å². The highest BCUT2D eigenvalue weighted by Gasteiger charge is 2.23. The van der Waals surface area contributed by atoms with Gasteiger partial charge in [0.05, 0.1) is 17.9 Å². The third kappa shape index (κ3) is 4.01. The van der Waals surface area contributed by atoms with Gasteiger partial charge in [-0.3, -0.25) is 0 Å². The molecule has 6 heteroatoms. The molecule has 1 aliphatic heterocycles. The van der Waals surface area contributed by atoms with E-state index in [1.54, 1.807) is 4.90 Å². The molecule has 0 amide bonds. The highest BCUT2D eigenvalue weighted by molar-refractivity contribution is 7.80. The molecule has 1 aliphatic rings. The van der Waals surface area contributed by atoms with Gasteiger partial charge in [0.25, 0.3) is 5.17 Å². The molecule has 0 fully saturated rings. The largest absolute Gasteiger partial charge is 0.466 e. The molecular formula is C17H22N2O3S. The van der Waals surface area contributed by atoms with Crippen LogP contribution in [0, 0.1) is 0 Å². The monoisotopic (exact) mass is 334 g/mol. The van der Waals surface area contributed by atoms with Crippen LogP contribution in [0.25, 0.3) is 0 Å². The first kappa shape index (κ1) is 17.3. The Morgan fingerprint density at radius 2 is 2.09 bits per heavy atom. The average molecular weight is 334 g/mol. The van der Waals surface area contributed by atoms with E-state index in [2.05, 4.69) is 0 Å². The van der Waals surface area contributed by atoms with Crippen LogP contribution in [-0.2, 0) is 27.3 Å². The number of benzene rings is 1. The molecule has 0 aliphatic carbocycles. The number of carbonyl (C=O) groups excluding carboxylic acids is 1. The predicted octanol–water partition coefficient (Wildman–Crippen LogP) is 2.49. The topological polar surface area (TPSA) is 42.0 Å². The first-order valence-electron chi connectivity index (χ1n) is 7.49. The first-order valence-corrected chi connectivity index (χ1v) is 7.90. The van der Waals surface area contributed by atoms with Crippen LogP contribution in [0.5, 0.6) is 0 Å². The van der Waals surface area contributed by atoms with Crippen molar-refractivity contribution in [3.8, 4) is 0 Å². The number of fused-ring (bicyclic) bond motifs is 1. The normalized spacial score (nSPS) is 13.0. The molecule has 0 bridgehead atoms. The van der Waals surface area contributed by atoms with Gasteiger partial charge in [-0.05, 0) is 24.7 Å². The Hall–Kier alpha value is -2.08. The molecule has 0 aromatic heterocycles. The van der Waals surface area contributed by atoms with Crippen LogP contribution in [0.15, 0.2) is 30.0 Å². The number of nitrogens with zero attached hydrogens (tertiary/aromatic N) is 2. The summed E-state index contributed by atoms with van der Waals surface area (Å²) in [6, 6.07) is 6.00. The number of hydrogen-bond donors (Lipinski definition) is 0. The second-order valence-electron chi connectivity index (χ2n) is 5.54. The van der Waals surface area contributed by atoms with Crippen molar-refractivity contribution < 1.29 is 14.3 Å². The van der Waals surface area contributed by atoms with Gasteiger partial charge >= 0.3 is 5.97 Å². The van der Waals surface area contributed by atoms with E-state index in [0.29, 0.717) is 30.4 Å². The van der Waals surface area contributed by atoms with Crippen LogP contribution in [0.1, 0.15) is 18.1 Å². The third-order valence-corrected chi connectivity index (χ3v) is 4.02. The summed E-state index contributed by atoms with van der Waals surface area (Å²) in [7, 11) is 5.62. The number of rotatable bonds is 4. The zero-order chi connectivity index (χ0) is 17.0. The Bertz CT molecular complexity index is 641. The lowest BCUT2D eigenvalue weighted by atomic mass is 9.97. The number of anilines is 1. The van der Waals surface area contributed by atoms with Gasteiger partial charge in [-0.1, -0.05) is 18.2 Å². The van der Waals surface area contributed by atoms with Crippen molar-refractivity contribution in [2.75, 3.05) is 32.6 Å². The fourth-order valence-corrected chi connectivity index (χ4v) is 2.58. The summed E-state index contributed by atoms with van der Waals surface area (Å²) < 4.78 is 10.7.